The molecule has 1 aliphatic rings. The lowest BCUT2D eigenvalue weighted by Crippen LogP contribution is -2.27. The van der Waals surface area contributed by atoms with Crippen LogP contribution in [0, 0.1) is 5.82 Å². The minimum Gasteiger partial charge on any atom is -0.292 e. The number of hydrogen-bond acceptors (Lipinski definition) is 1. The number of nitrogens with zero attached hydrogens (tertiary/aromatic N) is 1. The molecule has 1 aromatic rings. The van der Waals surface area contributed by atoms with Crippen molar-refractivity contribution in [1.82, 2.24) is 4.90 Å². The lowest BCUT2D eigenvalue weighted by atomic mass is 10.2. The van der Waals surface area contributed by atoms with E-state index < -0.39 is 0 Å². The third-order valence-corrected chi connectivity index (χ3v) is 2.84. The second-order valence-electron chi connectivity index (χ2n) is 4.72. The number of halogens is 1. The predicted octanol–water partition coefficient (Wildman–Crippen LogP) is 3.37. The van der Waals surface area contributed by atoms with E-state index in [2.05, 4.69) is 18.4 Å². The number of rotatable bonds is 5. The molecule has 0 bridgehead atoms. The van der Waals surface area contributed by atoms with E-state index >= 15 is 0 Å². The summed E-state index contributed by atoms with van der Waals surface area (Å²) in [5.74, 6) is -0.165. The first-order valence-corrected chi connectivity index (χ1v) is 5.78. The van der Waals surface area contributed by atoms with Crippen LogP contribution in [0.2, 0.25) is 0 Å². The van der Waals surface area contributed by atoms with Crippen molar-refractivity contribution in [3.05, 3.63) is 47.8 Å². The highest BCUT2D eigenvalue weighted by Gasteiger charge is 2.28. The Balaban J connectivity index is 1.99. The van der Waals surface area contributed by atoms with Gasteiger partial charge in [-0.2, -0.15) is 0 Å². The van der Waals surface area contributed by atoms with Crippen LogP contribution < -0.4 is 0 Å². The second-order valence-corrected chi connectivity index (χ2v) is 4.72. The van der Waals surface area contributed by atoms with Gasteiger partial charge in [0.25, 0.3) is 0 Å². The molecule has 0 atom stereocenters. The summed E-state index contributed by atoms with van der Waals surface area (Å²) < 4.78 is 12.8. The van der Waals surface area contributed by atoms with Crippen molar-refractivity contribution in [2.75, 3.05) is 6.54 Å². The van der Waals surface area contributed by atoms with Gasteiger partial charge in [-0.05, 0) is 37.5 Å². The maximum Gasteiger partial charge on any atom is 0.123 e. The quantitative estimate of drug-likeness (QED) is 0.686. The van der Waals surface area contributed by atoms with Crippen LogP contribution in [0.4, 0.5) is 4.39 Å². The molecule has 2 heteroatoms. The molecule has 86 valence electrons. The van der Waals surface area contributed by atoms with E-state index in [4.69, 9.17) is 0 Å². The van der Waals surface area contributed by atoms with Crippen molar-refractivity contribution in [2.24, 2.45) is 0 Å². The molecule has 0 saturated heterocycles. The maximum atomic E-state index is 12.8. The average Bonchev–Trinajstić information content (AvgIpc) is 3.03. The van der Waals surface area contributed by atoms with Crippen LogP contribution in [0.1, 0.15) is 25.3 Å². The average molecular weight is 219 g/mol. The second kappa shape index (κ2) is 4.79. The van der Waals surface area contributed by atoms with E-state index in [0.717, 1.165) is 13.1 Å². The zero-order valence-corrected chi connectivity index (χ0v) is 9.75. The predicted molar refractivity (Wildman–Crippen MR) is 64.6 cm³/mol. The van der Waals surface area contributed by atoms with Gasteiger partial charge in [0.05, 0.1) is 0 Å². The fourth-order valence-electron chi connectivity index (χ4n) is 1.92. The van der Waals surface area contributed by atoms with Crippen molar-refractivity contribution in [2.45, 2.75) is 32.4 Å². The van der Waals surface area contributed by atoms with Crippen LogP contribution in [-0.4, -0.2) is 17.5 Å². The Labute approximate surface area is 96.6 Å². The summed E-state index contributed by atoms with van der Waals surface area (Å²) in [6.07, 6.45) is 2.57. The van der Waals surface area contributed by atoms with Crippen molar-refractivity contribution < 1.29 is 4.39 Å². The minimum atomic E-state index is -0.165. The molecular weight excluding hydrogens is 201 g/mol. The third kappa shape index (κ3) is 3.17. The summed E-state index contributed by atoms with van der Waals surface area (Å²) >= 11 is 0. The fourth-order valence-corrected chi connectivity index (χ4v) is 1.92. The van der Waals surface area contributed by atoms with Gasteiger partial charge in [-0.25, -0.2) is 4.39 Å². The molecule has 1 aromatic carbocycles. The fraction of sp³-hybridized carbons (Fsp3) is 0.429. The molecule has 0 aliphatic heterocycles. The molecule has 0 unspecified atom stereocenters. The maximum absolute atomic E-state index is 12.8. The third-order valence-electron chi connectivity index (χ3n) is 2.84. The van der Waals surface area contributed by atoms with E-state index in [9.17, 15) is 4.39 Å². The van der Waals surface area contributed by atoms with Gasteiger partial charge in [0, 0.05) is 19.1 Å². The highest BCUT2D eigenvalue weighted by atomic mass is 19.1. The standard InChI is InChI=1S/C14H18FN/c1-11(2)9-16(14-7-8-14)10-12-3-5-13(15)6-4-12/h3-6,14H,1,7-10H2,2H3. The summed E-state index contributed by atoms with van der Waals surface area (Å²) in [5.41, 5.74) is 2.36. The monoisotopic (exact) mass is 219 g/mol. The van der Waals surface area contributed by atoms with Gasteiger partial charge in [0.15, 0.2) is 0 Å². The molecule has 2 rings (SSSR count). The zero-order valence-electron chi connectivity index (χ0n) is 9.75. The van der Waals surface area contributed by atoms with Gasteiger partial charge in [-0.1, -0.05) is 24.3 Å². The molecule has 1 nitrogen and oxygen atoms in total. The molecule has 0 spiro atoms. The Kier molecular flexibility index (Phi) is 3.39. The Morgan fingerprint density at radius 2 is 2.00 bits per heavy atom. The normalized spacial score (nSPS) is 15.4. The van der Waals surface area contributed by atoms with E-state index in [-0.39, 0.29) is 5.82 Å². The molecule has 0 aromatic heterocycles. The van der Waals surface area contributed by atoms with Crippen LogP contribution in [0.25, 0.3) is 0 Å². The summed E-state index contributed by atoms with van der Waals surface area (Å²) in [5, 5.41) is 0. The van der Waals surface area contributed by atoms with Crippen LogP contribution in [0.15, 0.2) is 36.4 Å². The minimum absolute atomic E-state index is 0.165. The van der Waals surface area contributed by atoms with Gasteiger partial charge in [-0.15, -0.1) is 0 Å². The molecule has 1 fully saturated rings. The van der Waals surface area contributed by atoms with Crippen molar-refractivity contribution in [1.29, 1.82) is 0 Å². The Hall–Kier alpha value is -1.15. The van der Waals surface area contributed by atoms with Crippen molar-refractivity contribution >= 4 is 0 Å². The molecule has 0 radical (unpaired) electrons. The first-order valence-electron chi connectivity index (χ1n) is 5.78. The van der Waals surface area contributed by atoms with Crippen LogP contribution >= 0.6 is 0 Å². The summed E-state index contributed by atoms with van der Waals surface area (Å²) in [6.45, 7) is 7.86. The van der Waals surface area contributed by atoms with Crippen LogP contribution in [-0.2, 0) is 6.54 Å². The Morgan fingerprint density at radius 1 is 1.38 bits per heavy atom. The molecule has 0 heterocycles. The zero-order chi connectivity index (χ0) is 11.5. The van der Waals surface area contributed by atoms with Gasteiger partial charge in [-0.3, -0.25) is 4.90 Å². The topological polar surface area (TPSA) is 3.24 Å². The van der Waals surface area contributed by atoms with E-state index in [0.29, 0.717) is 6.04 Å². The van der Waals surface area contributed by atoms with Gasteiger partial charge in [0.2, 0.25) is 0 Å². The number of benzene rings is 1. The molecule has 0 amide bonds. The Bertz CT molecular complexity index is 365. The first-order chi connectivity index (χ1) is 7.65. The smallest absolute Gasteiger partial charge is 0.123 e. The molecule has 1 saturated carbocycles. The summed E-state index contributed by atoms with van der Waals surface area (Å²) in [6, 6.07) is 7.50. The van der Waals surface area contributed by atoms with Gasteiger partial charge >= 0.3 is 0 Å². The molecular formula is C14H18FN. The van der Waals surface area contributed by atoms with Crippen LogP contribution in [0.5, 0.6) is 0 Å². The highest BCUT2D eigenvalue weighted by molar-refractivity contribution is 5.16. The van der Waals surface area contributed by atoms with E-state index in [1.807, 2.05) is 12.1 Å². The Morgan fingerprint density at radius 3 is 2.50 bits per heavy atom. The molecule has 1 aliphatic carbocycles. The highest BCUT2D eigenvalue weighted by Crippen LogP contribution is 2.28. The van der Waals surface area contributed by atoms with Gasteiger partial charge in [0.1, 0.15) is 5.82 Å². The SMILES string of the molecule is C=C(C)CN(Cc1ccc(F)cc1)C1CC1. The summed E-state index contributed by atoms with van der Waals surface area (Å²) in [4.78, 5) is 2.43. The van der Waals surface area contributed by atoms with Crippen LogP contribution in [0.3, 0.4) is 0 Å². The molecule has 16 heavy (non-hydrogen) atoms. The van der Waals surface area contributed by atoms with E-state index in [1.165, 1.54) is 36.1 Å². The lowest BCUT2D eigenvalue weighted by Gasteiger charge is -2.22. The van der Waals surface area contributed by atoms with E-state index in [1.54, 1.807) is 0 Å². The van der Waals surface area contributed by atoms with Crippen molar-refractivity contribution in [3.8, 4) is 0 Å². The summed E-state index contributed by atoms with van der Waals surface area (Å²) in [7, 11) is 0. The first kappa shape index (κ1) is 11.3. The van der Waals surface area contributed by atoms with Gasteiger partial charge < -0.3 is 0 Å². The lowest BCUT2D eigenvalue weighted by molar-refractivity contribution is 0.277. The number of hydrogen-bond donors (Lipinski definition) is 0. The largest absolute Gasteiger partial charge is 0.292 e. The molecule has 0 N–H and O–H groups in total. The van der Waals surface area contributed by atoms with Crippen molar-refractivity contribution in [3.63, 3.8) is 0 Å².